The zero-order valence-corrected chi connectivity index (χ0v) is 18.4. The molecule has 0 saturated carbocycles. The molecule has 1 aromatic heterocycles. The van der Waals surface area contributed by atoms with Gasteiger partial charge in [0.15, 0.2) is 9.84 Å². The number of sulfone groups is 1. The average molecular weight is 439 g/mol. The van der Waals surface area contributed by atoms with E-state index in [9.17, 15) is 13.2 Å². The molecule has 1 amide bonds. The largest absolute Gasteiger partial charge is 0.334 e. The highest BCUT2D eigenvalue weighted by atomic mass is 35.5. The van der Waals surface area contributed by atoms with Gasteiger partial charge in [-0.05, 0) is 45.1 Å². The molecule has 1 aromatic carbocycles. The van der Waals surface area contributed by atoms with E-state index < -0.39 is 9.84 Å². The minimum absolute atomic E-state index is 0.0362. The van der Waals surface area contributed by atoms with Crippen molar-refractivity contribution < 1.29 is 13.2 Å². The molecule has 1 atom stereocenters. The van der Waals surface area contributed by atoms with E-state index in [4.69, 9.17) is 11.6 Å². The first-order valence-corrected chi connectivity index (χ1v) is 11.9. The Morgan fingerprint density at radius 2 is 2.03 bits per heavy atom. The Morgan fingerprint density at radius 1 is 1.28 bits per heavy atom. The van der Waals surface area contributed by atoms with Crippen molar-refractivity contribution in [2.75, 3.05) is 38.7 Å². The summed E-state index contributed by atoms with van der Waals surface area (Å²) in [6.45, 7) is 1.81. The van der Waals surface area contributed by atoms with Gasteiger partial charge in [-0.3, -0.25) is 9.48 Å². The number of nitrogens with zero attached hydrogens (tertiary/aromatic N) is 4. The molecule has 0 N–H and O–H groups in total. The summed E-state index contributed by atoms with van der Waals surface area (Å²) >= 11 is 6.21. The number of aromatic nitrogens is 2. The van der Waals surface area contributed by atoms with E-state index >= 15 is 0 Å². The molecule has 0 radical (unpaired) electrons. The summed E-state index contributed by atoms with van der Waals surface area (Å²) in [6.07, 6.45) is 4.52. The van der Waals surface area contributed by atoms with E-state index in [0.717, 1.165) is 18.5 Å². The number of hydrogen-bond donors (Lipinski definition) is 0. The van der Waals surface area contributed by atoms with Gasteiger partial charge in [-0.25, -0.2) is 8.42 Å². The molecular weight excluding hydrogens is 412 g/mol. The van der Waals surface area contributed by atoms with E-state index in [-0.39, 0.29) is 23.5 Å². The molecule has 1 aliphatic heterocycles. The first-order valence-electron chi connectivity index (χ1n) is 9.67. The lowest BCUT2D eigenvalue weighted by Gasteiger charge is -2.28. The van der Waals surface area contributed by atoms with E-state index in [0.29, 0.717) is 30.1 Å². The molecule has 0 aliphatic carbocycles. The number of benzene rings is 1. The van der Waals surface area contributed by atoms with Gasteiger partial charge in [0, 0.05) is 23.8 Å². The van der Waals surface area contributed by atoms with E-state index in [1.807, 2.05) is 38.4 Å². The fourth-order valence-corrected chi connectivity index (χ4v) is 5.48. The Hall–Kier alpha value is -1.90. The fourth-order valence-electron chi connectivity index (χ4n) is 3.56. The molecule has 9 heteroatoms. The third kappa shape index (κ3) is 5.81. The van der Waals surface area contributed by atoms with E-state index in [1.54, 1.807) is 22.0 Å². The van der Waals surface area contributed by atoms with Crippen LogP contribution < -0.4 is 0 Å². The SMILES string of the molecule is CN(C)CCCN(C(=O)c1cnn(Cc2ccccc2Cl)c1)C1CCS(=O)(=O)C1. The number of hydrogen-bond acceptors (Lipinski definition) is 5. The van der Waals surface area contributed by atoms with Gasteiger partial charge in [0.05, 0.1) is 29.8 Å². The molecule has 158 valence electrons. The molecule has 2 heterocycles. The third-order valence-electron chi connectivity index (χ3n) is 5.08. The van der Waals surface area contributed by atoms with Crippen molar-refractivity contribution in [1.29, 1.82) is 0 Å². The first kappa shape index (κ1) is 21.8. The van der Waals surface area contributed by atoms with Crippen molar-refractivity contribution in [3.8, 4) is 0 Å². The van der Waals surface area contributed by atoms with Gasteiger partial charge in [-0.2, -0.15) is 5.10 Å². The summed E-state index contributed by atoms with van der Waals surface area (Å²) in [5.74, 6) is 0.00583. The summed E-state index contributed by atoms with van der Waals surface area (Å²) in [5.41, 5.74) is 1.38. The monoisotopic (exact) mass is 438 g/mol. The van der Waals surface area contributed by atoms with Crippen LogP contribution in [0.3, 0.4) is 0 Å². The average Bonchev–Trinajstić information content (AvgIpc) is 3.26. The highest BCUT2D eigenvalue weighted by Gasteiger charge is 2.35. The standard InChI is InChI=1S/C20H27ClN4O3S/c1-23(2)9-5-10-25(18-8-11-29(27,28)15-18)20(26)17-12-22-24(14-17)13-16-6-3-4-7-19(16)21/h3-4,6-7,12,14,18H,5,8-11,13,15H2,1-2H3. The van der Waals surface area contributed by atoms with Crippen LogP contribution in [0.5, 0.6) is 0 Å². The van der Waals surface area contributed by atoms with Gasteiger partial charge in [0.2, 0.25) is 0 Å². The number of rotatable bonds is 8. The van der Waals surface area contributed by atoms with Crippen LogP contribution in [-0.4, -0.2) is 78.6 Å². The van der Waals surface area contributed by atoms with Crippen molar-refractivity contribution in [2.45, 2.75) is 25.4 Å². The van der Waals surface area contributed by atoms with Crippen LogP contribution in [0.2, 0.25) is 5.02 Å². The zero-order valence-electron chi connectivity index (χ0n) is 16.8. The molecule has 2 aromatic rings. The topological polar surface area (TPSA) is 75.5 Å². The van der Waals surface area contributed by atoms with Crippen LogP contribution in [0.15, 0.2) is 36.7 Å². The lowest BCUT2D eigenvalue weighted by molar-refractivity contribution is 0.0690. The van der Waals surface area contributed by atoms with Crippen molar-refractivity contribution in [3.63, 3.8) is 0 Å². The van der Waals surface area contributed by atoms with Crippen molar-refractivity contribution >= 4 is 27.3 Å². The predicted molar refractivity (Wildman–Crippen MR) is 114 cm³/mol. The van der Waals surface area contributed by atoms with Crippen molar-refractivity contribution in [2.24, 2.45) is 0 Å². The van der Waals surface area contributed by atoms with Crippen LogP contribution in [-0.2, 0) is 16.4 Å². The highest BCUT2D eigenvalue weighted by molar-refractivity contribution is 7.91. The minimum atomic E-state index is -3.08. The number of carbonyl (C=O) groups excluding carboxylic acids is 1. The molecule has 0 bridgehead atoms. The highest BCUT2D eigenvalue weighted by Crippen LogP contribution is 2.21. The predicted octanol–water partition coefficient (Wildman–Crippen LogP) is 2.17. The Bertz CT molecular complexity index is 958. The second kappa shape index (κ2) is 9.28. The summed E-state index contributed by atoms with van der Waals surface area (Å²) < 4.78 is 25.6. The second-order valence-corrected chi connectivity index (χ2v) is 10.4. The fraction of sp³-hybridized carbons (Fsp3) is 0.500. The summed E-state index contributed by atoms with van der Waals surface area (Å²) in [4.78, 5) is 17.0. The van der Waals surface area contributed by atoms with Crippen molar-refractivity contribution in [3.05, 3.63) is 52.8 Å². The number of halogens is 1. The molecule has 0 spiro atoms. The zero-order chi connectivity index (χ0) is 21.0. The Labute approximate surface area is 177 Å². The molecule has 1 fully saturated rings. The Kier molecular flexibility index (Phi) is 6.97. The third-order valence-corrected chi connectivity index (χ3v) is 7.20. The van der Waals surface area contributed by atoms with Gasteiger partial charge in [0.25, 0.3) is 5.91 Å². The van der Waals surface area contributed by atoms with Gasteiger partial charge < -0.3 is 9.80 Å². The van der Waals surface area contributed by atoms with Crippen LogP contribution in [0.25, 0.3) is 0 Å². The lowest BCUT2D eigenvalue weighted by Crippen LogP contribution is -2.42. The van der Waals surface area contributed by atoms with Gasteiger partial charge in [-0.1, -0.05) is 29.8 Å². The van der Waals surface area contributed by atoms with Crippen LogP contribution in [0.1, 0.15) is 28.8 Å². The van der Waals surface area contributed by atoms with Crippen LogP contribution in [0, 0.1) is 0 Å². The minimum Gasteiger partial charge on any atom is -0.334 e. The molecule has 3 rings (SSSR count). The molecule has 1 saturated heterocycles. The summed E-state index contributed by atoms with van der Waals surface area (Å²) in [7, 11) is 0.877. The van der Waals surface area contributed by atoms with Gasteiger partial charge in [0.1, 0.15) is 0 Å². The molecule has 7 nitrogen and oxygen atoms in total. The van der Waals surface area contributed by atoms with Crippen molar-refractivity contribution in [1.82, 2.24) is 19.6 Å². The van der Waals surface area contributed by atoms with Crippen LogP contribution in [0.4, 0.5) is 0 Å². The van der Waals surface area contributed by atoms with E-state index in [2.05, 4.69) is 10.00 Å². The maximum Gasteiger partial charge on any atom is 0.257 e. The maximum atomic E-state index is 13.2. The normalized spacial score (nSPS) is 18.3. The van der Waals surface area contributed by atoms with Crippen LogP contribution >= 0.6 is 11.6 Å². The lowest BCUT2D eigenvalue weighted by atomic mass is 10.1. The molecule has 1 unspecified atom stereocenters. The molecule has 1 aliphatic rings. The molecular formula is C20H27ClN4O3S. The summed E-state index contributed by atoms with van der Waals surface area (Å²) in [5, 5.41) is 4.95. The molecule has 29 heavy (non-hydrogen) atoms. The second-order valence-electron chi connectivity index (χ2n) is 7.73. The first-order chi connectivity index (χ1) is 13.7. The Morgan fingerprint density at radius 3 is 2.69 bits per heavy atom. The Balaban J connectivity index is 1.75. The number of amides is 1. The smallest absolute Gasteiger partial charge is 0.257 e. The summed E-state index contributed by atoms with van der Waals surface area (Å²) in [6, 6.07) is 7.23. The van der Waals surface area contributed by atoms with Gasteiger partial charge >= 0.3 is 0 Å². The number of carbonyl (C=O) groups is 1. The van der Waals surface area contributed by atoms with Gasteiger partial charge in [-0.15, -0.1) is 0 Å². The van der Waals surface area contributed by atoms with E-state index in [1.165, 1.54) is 0 Å². The quantitative estimate of drug-likeness (QED) is 0.631. The maximum absolute atomic E-state index is 13.2.